The van der Waals surface area contributed by atoms with Crippen LogP contribution in [0.3, 0.4) is 0 Å². The number of anilines is 1. The highest BCUT2D eigenvalue weighted by molar-refractivity contribution is 7.92. The molecule has 3 aromatic rings. The fourth-order valence-electron chi connectivity index (χ4n) is 4.66. The van der Waals surface area contributed by atoms with Gasteiger partial charge in [0.25, 0.3) is 0 Å². The smallest absolute Gasteiger partial charge is 0.350 e. The summed E-state index contributed by atoms with van der Waals surface area (Å²) < 4.78 is 80.6. The van der Waals surface area contributed by atoms with Gasteiger partial charge in [0, 0.05) is 37.0 Å². The first kappa shape index (κ1) is 34.6. The van der Waals surface area contributed by atoms with E-state index in [2.05, 4.69) is 5.32 Å². The van der Waals surface area contributed by atoms with Crippen LogP contribution in [0, 0.1) is 5.82 Å². The van der Waals surface area contributed by atoms with Crippen molar-refractivity contribution in [1.29, 1.82) is 0 Å². The average molecular weight is 636 g/mol. The van der Waals surface area contributed by atoms with E-state index in [9.17, 15) is 35.6 Å². The second-order valence-electron chi connectivity index (χ2n) is 11.5. The molecule has 3 rings (SSSR count). The Morgan fingerprint density at radius 1 is 0.909 bits per heavy atom. The molecule has 0 spiro atoms. The van der Waals surface area contributed by atoms with Crippen molar-refractivity contribution in [1.82, 2.24) is 10.2 Å². The monoisotopic (exact) mass is 635 g/mol. The first-order valence-corrected chi connectivity index (χ1v) is 15.8. The van der Waals surface area contributed by atoms with Crippen LogP contribution >= 0.6 is 0 Å². The number of amides is 2. The number of nitrogens with one attached hydrogen (secondary N) is 1. The summed E-state index contributed by atoms with van der Waals surface area (Å²) in [6, 6.07) is 17.8. The summed E-state index contributed by atoms with van der Waals surface area (Å²) in [5.74, 6) is -1.56. The fraction of sp³-hybridized carbons (Fsp3) is 0.375. The predicted molar refractivity (Wildman–Crippen MR) is 162 cm³/mol. The molecule has 2 amide bonds. The number of hydrogen-bond donors (Lipinski definition) is 1. The molecule has 3 aromatic carbocycles. The van der Waals surface area contributed by atoms with E-state index in [1.165, 1.54) is 29.2 Å². The Labute approximate surface area is 255 Å². The van der Waals surface area contributed by atoms with Crippen LogP contribution in [0.4, 0.5) is 23.2 Å². The topological polar surface area (TPSA) is 86.8 Å². The Hall–Kier alpha value is -3.93. The van der Waals surface area contributed by atoms with Crippen LogP contribution < -0.4 is 9.62 Å². The lowest BCUT2D eigenvalue weighted by Crippen LogP contribution is -2.54. The molecule has 0 saturated heterocycles. The molecule has 44 heavy (non-hydrogen) atoms. The molecule has 0 bridgehead atoms. The number of sulfonamides is 1. The summed E-state index contributed by atoms with van der Waals surface area (Å²) in [4.78, 5) is 28.7. The molecule has 7 nitrogen and oxygen atoms in total. The van der Waals surface area contributed by atoms with Crippen molar-refractivity contribution >= 4 is 27.5 Å². The Morgan fingerprint density at radius 2 is 1.55 bits per heavy atom. The Kier molecular flexibility index (Phi) is 11.2. The number of benzene rings is 3. The molecule has 0 aliphatic carbocycles. The fourth-order valence-corrected chi connectivity index (χ4v) is 5.62. The molecule has 1 unspecified atom stereocenters. The van der Waals surface area contributed by atoms with Crippen molar-refractivity contribution < 1.29 is 35.6 Å². The van der Waals surface area contributed by atoms with Gasteiger partial charge in [-0.3, -0.25) is 13.9 Å². The van der Waals surface area contributed by atoms with E-state index < -0.39 is 51.0 Å². The molecule has 238 valence electrons. The van der Waals surface area contributed by atoms with Crippen molar-refractivity contribution in [2.24, 2.45) is 0 Å². The Morgan fingerprint density at radius 3 is 2.14 bits per heavy atom. The van der Waals surface area contributed by atoms with Crippen LogP contribution in [-0.4, -0.2) is 49.5 Å². The highest BCUT2D eigenvalue weighted by atomic mass is 32.2. The number of hydrogen-bond acceptors (Lipinski definition) is 4. The zero-order chi connectivity index (χ0) is 32.7. The third-order valence-corrected chi connectivity index (χ3v) is 7.88. The van der Waals surface area contributed by atoms with Crippen LogP contribution in [0.5, 0.6) is 0 Å². The van der Waals surface area contributed by atoms with Crippen LogP contribution in [-0.2, 0) is 38.8 Å². The van der Waals surface area contributed by atoms with Crippen LogP contribution in [0.2, 0.25) is 0 Å². The molecular formula is C32H37F4N3O4S. The predicted octanol–water partition coefficient (Wildman–Crippen LogP) is 5.95. The highest BCUT2D eigenvalue weighted by Gasteiger charge is 2.34. The summed E-state index contributed by atoms with van der Waals surface area (Å²) in [6.45, 7) is 4.85. The van der Waals surface area contributed by atoms with E-state index >= 15 is 0 Å². The molecule has 0 aromatic heterocycles. The van der Waals surface area contributed by atoms with Gasteiger partial charge in [-0.2, -0.15) is 13.2 Å². The van der Waals surface area contributed by atoms with Gasteiger partial charge in [0.05, 0.1) is 17.5 Å². The summed E-state index contributed by atoms with van der Waals surface area (Å²) in [7, 11) is -4.02. The summed E-state index contributed by atoms with van der Waals surface area (Å²) in [5.41, 5.74) is -0.890. The van der Waals surface area contributed by atoms with Gasteiger partial charge >= 0.3 is 6.18 Å². The molecule has 1 atom stereocenters. The normalized spacial score (nSPS) is 12.8. The van der Waals surface area contributed by atoms with Gasteiger partial charge in [0.2, 0.25) is 21.8 Å². The van der Waals surface area contributed by atoms with Gasteiger partial charge < -0.3 is 10.2 Å². The van der Waals surface area contributed by atoms with Crippen molar-refractivity contribution in [3.8, 4) is 0 Å². The molecule has 0 aliphatic rings. The van der Waals surface area contributed by atoms with E-state index in [-0.39, 0.29) is 43.6 Å². The first-order valence-electron chi connectivity index (χ1n) is 14.0. The molecule has 0 fully saturated rings. The lowest BCUT2D eigenvalue weighted by molar-refractivity contribution is -0.142. The van der Waals surface area contributed by atoms with E-state index in [1.54, 1.807) is 39.0 Å². The minimum absolute atomic E-state index is 0.0745. The standard InChI is InChI=1S/C32H37F4N3O4S/c1-31(2,3)37-30(41)28(20-23-12-6-5-7-13-23)38(22-24-14-8-9-17-27(24)33)29(40)18-11-19-39(44(4,42)43)26-16-10-15-25(21-26)32(34,35)36/h5-10,12-17,21,28H,11,18-20,22H2,1-4H3,(H,37,41). The molecule has 12 heteroatoms. The van der Waals surface area contributed by atoms with Gasteiger partial charge in [-0.1, -0.05) is 54.6 Å². The summed E-state index contributed by atoms with van der Waals surface area (Å²) in [6.07, 6.45) is -4.01. The lowest BCUT2D eigenvalue weighted by Gasteiger charge is -2.34. The number of nitrogens with zero attached hydrogens (tertiary/aromatic N) is 2. The van der Waals surface area contributed by atoms with Crippen molar-refractivity contribution in [2.75, 3.05) is 17.1 Å². The third-order valence-electron chi connectivity index (χ3n) is 6.68. The van der Waals surface area contributed by atoms with E-state index in [0.717, 1.165) is 34.3 Å². The largest absolute Gasteiger partial charge is 0.416 e. The van der Waals surface area contributed by atoms with Crippen molar-refractivity contribution in [3.63, 3.8) is 0 Å². The maximum absolute atomic E-state index is 14.8. The molecule has 0 saturated carbocycles. The van der Waals surface area contributed by atoms with E-state index in [0.29, 0.717) is 0 Å². The number of alkyl halides is 3. The summed E-state index contributed by atoms with van der Waals surface area (Å²) >= 11 is 0. The number of carbonyl (C=O) groups excluding carboxylic acids is 2. The molecule has 1 N–H and O–H groups in total. The molecule has 0 radical (unpaired) electrons. The maximum atomic E-state index is 14.8. The molecular weight excluding hydrogens is 598 g/mol. The third kappa shape index (κ3) is 10.1. The van der Waals surface area contributed by atoms with E-state index in [4.69, 9.17) is 0 Å². The lowest BCUT2D eigenvalue weighted by atomic mass is 10.00. The van der Waals surface area contributed by atoms with Gasteiger partial charge in [-0.15, -0.1) is 0 Å². The zero-order valence-corrected chi connectivity index (χ0v) is 25.9. The van der Waals surface area contributed by atoms with Crippen LogP contribution in [0.1, 0.15) is 50.3 Å². The minimum atomic E-state index is -4.68. The first-order chi connectivity index (χ1) is 20.5. The van der Waals surface area contributed by atoms with Gasteiger partial charge in [0.15, 0.2) is 0 Å². The van der Waals surface area contributed by atoms with Crippen molar-refractivity contribution in [3.05, 3.63) is 101 Å². The average Bonchev–Trinajstić information content (AvgIpc) is 2.92. The SMILES string of the molecule is CC(C)(C)NC(=O)C(Cc1ccccc1)N(Cc1ccccc1F)C(=O)CCCN(c1cccc(C(F)(F)F)c1)S(C)(=O)=O. The van der Waals surface area contributed by atoms with Crippen LogP contribution in [0.25, 0.3) is 0 Å². The second kappa shape index (κ2) is 14.2. The Bertz CT molecular complexity index is 1540. The minimum Gasteiger partial charge on any atom is -0.350 e. The molecule has 0 aliphatic heterocycles. The zero-order valence-electron chi connectivity index (χ0n) is 25.1. The number of rotatable bonds is 12. The van der Waals surface area contributed by atoms with Crippen molar-refractivity contribution in [2.45, 2.75) is 64.3 Å². The van der Waals surface area contributed by atoms with E-state index in [1.807, 2.05) is 18.2 Å². The Balaban J connectivity index is 1.93. The van der Waals surface area contributed by atoms with Gasteiger partial charge in [-0.25, -0.2) is 12.8 Å². The van der Waals surface area contributed by atoms with Crippen LogP contribution in [0.15, 0.2) is 78.9 Å². The number of carbonyl (C=O) groups is 2. The molecule has 0 heterocycles. The number of halogens is 4. The maximum Gasteiger partial charge on any atom is 0.416 e. The second-order valence-corrected chi connectivity index (χ2v) is 13.5. The van der Waals surface area contributed by atoms with Gasteiger partial charge in [0.1, 0.15) is 11.9 Å². The highest BCUT2D eigenvalue weighted by Crippen LogP contribution is 2.32. The quantitative estimate of drug-likeness (QED) is 0.250. The van der Waals surface area contributed by atoms with Gasteiger partial charge in [-0.05, 0) is 57.0 Å². The summed E-state index contributed by atoms with van der Waals surface area (Å²) in [5, 5.41) is 2.90.